The Balaban J connectivity index is 1.66. The van der Waals surface area contributed by atoms with E-state index in [0.29, 0.717) is 12.1 Å². The molecule has 0 saturated carbocycles. The summed E-state index contributed by atoms with van der Waals surface area (Å²) in [6.07, 6.45) is 6.26. The van der Waals surface area contributed by atoms with Crippen LogP contribution in [0.2, 0.25) is 0 Å². The molecule has 0 aromatic heterocycles. The Morgan fingerprint density at radius 3 is 2.76 bits per heavy atom. The van der Waals surface area contributed by atoms with Gasteiger partial charge in [0.25, 0.3) is 0 Å². The van der Waals surface area contributed by atoms with Crippen LogP contribution in [0, 0.1) is 0 Å². The van der Waals surface area contributed by atoms with Gasteiger partial charge in [0.1, 0.15) is 0 Å². The minimum absolute atomic E-state index is 0.0532. The number of carbonyl (C=O) groups excluding carboxylic acids is 1. The van der Waals surface area contributed by atoms with Gasteiger partial charge in [0.2, 0.25) is 5.91 Å². The quantitative estimate of drug-likeness (QED) is 0.741. The molecule has 2 fully saturated rings. The average Bonchev–Trinajstić information content (AvgIpc) is 2.84. The van der Waals surface area contributed by atoms with Gasteiger partial charge in [-0.05, 0) is 31.8 Å². The Morgan fingerprint density at radius 2 is 2.18 bits per heavy atom. The summed E-state index contributed by atoms with van der Waals surface area (Å²) in [5.41, 5.74) is 0. The molecule has 2 aliphatic rings. The summed E-state index contributed by atoms with van der Waals surface area (Å²) in [4.78, 5) is 13.6. The highest BCUT2D eigenvalue weighted by Crippen LogP contribution is 2.16. The van der Waals surface area contributed by atoms with Gasteiger partial charge in [-0.25, -0.2) is 0 Å². The van der Waals surface area contributed by atoms with Crippen LogP contribution < -0.4 is 5.32 Å². The van der Waals surface area contributed by atoms with Crippen molar-refractivity contribution in [3.8, 4) is 0 Å². The van der Waals surface area contributed by atoms with Gasteiger partial charge in [-0.1, -0.05) is 6.58 Å². The number of piperidine rings is 1. The molecule has 2 rings (SSSR count). The molecule has 0 aromatic carbocycles. The molecule has 1 atom stereocenters. The monoisotopic (exact) mass is 238 g/mol. The summed E-state index contributed by atoms with van der Waals surface area (Å²) in [6.45, 7) is 7.57. The van der Waals surface area contributed by atoms with Crippen molar-refractivity contribution in [2.24, 2.45) is 0 Å². The number of ether oxygens (including phenoxy) is 1. The minimum atomic E-state index is -0.0532. The van der Waals surface area contributed by atoms with E-state index in [9.17, 15) is 4.79 Å². The lowest BCUT2D eigenvalue weighted by atomic mass is 10.0. The van der Waals surface area contributed by atoms with Crippen LogP contribution in [-0.4, -0.2) is 49.2 Å². The lowest BCUT2D eigenvalue weighted by Gasteiger charge is -2.33. The molecule has 0 aromatic rings. The molecule has 17 heavy (non-hydrogen) atoms. The van der Waals surface area contributed by atoms with Crippen molar-refractivity contribution >= 4 is 5.91 Å². The first-order valence-corrected chi connectivity index (χ1v) is 6.55. The summed E-state index contributed by atoms with van der Waals surface area (Å²) in [7, 11) is 0. The molecule has 2 heterocycles. The van der Waals surface area contributed by atoms with E-state index in [1.165, 1.54) is 18.9 Å². The molecule has 96 valence electrons. The highest BCUT2D eigenvalue weighted by molar-refractivity contribution is 5.87. The van der Waals surface area contributed by atoms with E-state index < -0.39 is 0 Å². The summed E-state index contributed by atoms with van der Waals surface area (Å²) >= 11 is 0. The second-order valence-electron chi connectivity index (χ2n) is 4.92. The maximum absolute atomic E-state index is 11.2. The molecule has 1 amide bonds. The van der Waals surface area contributed by atoms with Crippen molar-refractivity contribution in [3.63, 3.8) is 0 Å². The zero-order valence-corrected chi connectivity index (χ0v) is 10.4. The molecule has 0 aliphatic carbocycles. The normalized spacial score (nSPS) is 26.9. The van der Waals surface area contributed by atoms with Gasteiger partial charge in [-0.15, -0.1) is 0 Å². The second-order valence-corrected chi connectivity index (χ2v) is 4.92. The fraction of sp³-hybridized carbons (Fsp3) is 0.769. The number of carbonyl (C=O) groups is 1. The molecule has 2 saturated heterocycles. The van der Waals surface area contributed by atoms with Crippen LogP contribution in [0.4, 0.5) is 0 Å². The highest BCUT2D eigenvalue weighted by Gasteiger charge is 2.24. The first-order chi connectivity index (χ1) is 8.28. The molecule has 4 heteroatoms. The van der Waals surface area contributed by atoms with Gasteiger partial charge in [0, 0.05) is 32.3 Å². The van der Waals surface area contributed by atoms with Gasteiger partial charge in [0.15, 0.2) is 0 Å². The summed E-state index contributed by atoms with van der Waals surface area (Å²) in [5.74, 6) is -0.0532. The predicted octanol–water partition coefficient (Wildman–Crippen LogP) is 0.932. The smallest absolute Gasteiger partial charge is 0.243 e. The van der Waals surface area contributed by atoms with Crippen LogP contribution >= 0.6 is 0 Å². The summed E-state index contributed by atoms with van der Waals surface area (Å²) < 4.78 is 5.64. The van der Waals surface area contributed by atoms with Crippen LogP contribution in [0.25, 0.3) is 0 Å². The van der Waals surface area contributed by atoms with Crippen LogP contribution in [0.1, 0.15) is 25.7 Å². The van der Waals surface area contributed by atoms with E-state index in [1.807, 2.05) is 0 Å². The van der Waals surface area contributed by atoms with Gasteiger partial charge >= 0.3 is 0 Å². The Bertz CT molecular complexity index is 267. The molecule has 4 nitrogen and oxygen atoms in total. The van der Waals surface area contributed by atoms with Crippen molar-refractivity contribution in [2.45, 2.75) is 37.8 Å². The minimum Gasteiger partial charge on any atom is -0.377 e. The number of hydrogen-bond acceptors (Lipinski definition) is 3. The molecule has 0 spiro atoms. The molecule has 1 unspecified atom stereocenters. The van der Waals surface area contributed by atoms with E-state index in [4.69, 9.17) is 4.74 Å². The lowest BCUT2D eigenvalue weighted by Crippen LogP contribution is -2.46. The number of likely N-dealkylation sites (tertiary alicyclic amines) is 1. The Labute approximate surface area is 103 Å². The third kappa shape index (κ3) is 3.82. The van der Waals surface area contributed by atoms with Gasteiger partial charge in [-0.2, -0.15) is 0 Å². The first kappa shape index (κ1) is 12.6. The average molecular weight is 238 g/mol. The fourth-order valence-electron chi connectivity index (χ4n) is 2.60. The zero-order chi connectivity index (χ0) is 12.1. The third-order valence-electron chi connectivity index (χ3n) is 3.61. The topological polar surface area (TPSA) is 41.6 Å². The maximum atomic E-state index is 11.2. The Morgan fingerprint density at radius 1 is 1.41 bits per heavy atom. The summed E-state index contributed by atoms with van der Waals surface area (Å²) in [5, 5.41) is 2.97. The first-order valence-electron chi connectivity index (χ1n) is 6.55. The number of nitrogens with one attached hydrogen (secondary N) is 1. The van der Waals surface area contributed by atoms with Crippen LogP contribution in [-0.2, 0) is 9.53 Å². The number of rotatable bonds is 4. The van der Waals surface area contributed by atoms with E-state index >= 15 is 0 Å². The predicted molar refractivity (Wildman–Crippen MR) is 66.8 cm³/mol. The van der Waals surface area contributed by atoms with Gasteiger partial charge < -0.3 is 15.0 Å². The number of hydrogen-bond donors (Lipinski definition) is 1. The van der Waals surface area contributed by atoms with Crippen molar-refractivity contribution in [1.29, 1.82) is 0 Å². The van der Waals surface area contributed by atoms with E-state index in [2.05, 4.69) is 16.8 Å². The highest BCUT2D eigenvalue weighted by atomic mass is 16.5. The van der Waals surface area contributed by atoms with Crippen molar-refractivity contribution in [1.82, 2.24) is 10.2 Å². The summed E-state index contributed by atoms with van der Waals surface area (Å²) in [6, 6.07) is 0.321. The van der Waals surface area contributed by atoms with Crippen molar-refractivity contribution in [3.05, 3.63) is 12.7 Å². The van der Waals surface area contributed by atoms with Crippen molar-refractivity contribution < 1.29 is 9.53 Å². The van der Waals surface area contributed by atoms with Gasteiger partial charge in [-0.3, -0.25) is 4.79 Å². The SMILES string of the molecule is C=CC(=O)NC1CCN(CC2CCCO2)CC1. The van der Waals surface area contributed by atoms with E-state index in [-0.39, 0.29) is 5.91 Å². The molecule has 1 N–H and O–H groups in total. The molecular weight excluding hydrogens is 216 g/mol. The van der Waals surface area contributed by atoms with Crippen molar-refractivity contribution in [2.75, 3.05) is 26.2 Å². The standard InChI is InChI=1S/C13H22N2O2/c1-2-13(16)14-11-5-7-15(8-6-11)10-12-4-3-9-17-12/h2,11-12H,1,3-10H2,(H,14,16). The second kappa shape index (κ2) is 6.17. The van der Waals surface area contributed by atoms with Crippen LogP contribution in [0.3, 0.4) is 0 Å². The Kier molecular flexibility index (Phi) is 4.57. The lowest BCUT2D eigenvalue weighted by molar-refractivity contribution is -0.117. The van der Waals surface area contributed by atoms with Crippen LogP contribution in [0.5, 0.6) is 0 Å². The molecular formula is C13H22N2O2. The van der Waals surface area contributed by atoms with Gasteiger partial charge in [0.05, 0.1) is 6.10 Å². The number of nitrogens with zero attached hydrogens (tertiary/aromatic N) is 1. The third-order valence-corrected chi connectivity index (χ3v) is 3.61. The van der Waals surface area contributed by atoms with E-state index in [0.717, 1.165) is 39.1 Å². The number of amides is 1. The fourth-order valence-corrected chi connectivity index (χ4v) is 2.60. The zero-order valence-electron chi connectivity index (χ0n) is 10.4. The molecule has 0 bridgehead atoms. The maximum Gasteiger partial charge on any atom is 0.243 e. The largest absolute Gasteiger partial charge is 0.377 e. The Hall–Kier alpha value is -0.870. The van der Waals surface area contributed by atoms with E-state index in [1.54, 1.807) is 0 Å². The van der Waals surface area contributed by atoms with Crippen LogP contribution in [0.15, 0.2) is 12.7 Å². The molecule has 2 aliphatic heterocycles. The molecule has 0 radical (unpaired) electrons.